The molecule has 11 heteroatoms. The maximum Gasteiger partial charge on any atom is 0.319 e. The van der Waals surface area contributed by atoms with Gasteiger partial charge in [0.05, 0.1) is 22.1 Å². The van der Waals surface area contributed by atoms with E-state index < -0.39 is 28.9 Å². The number of phenols is 1. The van der Waals surface area contributed by atoms with Crippen molar-refractivity contribution in [3.8, 4) is 35.4 Å². The molecule has 5 heterocycles. The van der Waals surface area contributed by atoms with Crippen LogP contribution in [0.3, 0.4) is 0 Å². The van der Waals surface area contributed by atoms with Gasteiger partial charge in [-0.3, -0.25) is 9.88 Å². The van der Waals surface area contributed by atoms with Gasteiger partial charge >= 0.3 is 6.01 Å². The minimum atomic E-state index is -0.984. The molecule has 3 fully saturated rings. The molecule has 3 aliphatic rings. The third-order valence-corrected chi connectivity index (χ3v) is 9.30. The molecule has 0 spiro atoms. The van der Waals surface area contributed by atoms with Crippen molar-refractivity contribution in [2.24, 2.45) is 0 Å². The normalized spacial score (nSPS) is 25.5. The number of phenolic OH excluding ortho intramolecular Hbond substituents is 1. The number of anilines is 1. The Labute approximate surface area is 252 Å². The number of terminal acetylenes is 1. The van der Waals surface area contributed by atoms with E-state index >= 15 is 4.39 Å². The van der Waals surface area contributed by atoms with Crippen LogP contribution in [0, 0.1) is 24.0 Å². The summed E-state index contributed by atoms with van der Waals surface area (Å²) < 4.78 is 52.0. The first-order valence-electron chi connectivity index (χ1n) is 14.9. The number of aliphatic hydroxyl groups is 1. The highest BCUT2D eigenvalue weighted by molar-refractivity contribution is 6.03. The second-order valence-electron chi connectivity index (χ2n) is 12.6. The van der Waals surface area contributed by atoms with Crippen LogP contribution in [-0.4, -0.2) is 80.2 Å². The lowest BCUT2D eigenvalue weighted by atomic mass is 9.94. The van der Waals surface area contributed by atoms with Gasteiger partial charge in [-0.15, -0.1) is 6.42 Å². The Balaban J connectivity index is 1.39. The van der Waals surface area contributed by atoms with Crippen molar-refractivity contribution in [3.63, 3.8) is 0 Å². The van der Waals surface area contributed by atoms with Crippen molar-refractivity contribution in [3.05, 3.63) is 47.7 Å². The van der Waals surface area contributed by atoms with Crippen molar-refractivity contribution in [1.29, 1.82) is 0 Å². The average Bonchev–Trinajstić information content (AvgIpc) is 3.51. The number of pyridine rings is 1. The Morgan fingerprint density at radius 1 is 1.16 bits per heavy atom. The molecule has 0 unspecified atom stereocenters. The van der Waals surface area contributed by atoms with Crippen molar-refractivity contribution < 1.29 is 28.1 Å². The average molecular weight is 604 g/mol. The number of benzene rings is 2. The summed E-state index contributed by atoms with van der Waals surface area (Å²) in [5, 5.41) is 22.3. The lowest BCUT2D eigenvalue weighted by Crippen LogP contribution is -2.46. The second kappa shape index (κ2) is 10.5. The van der Waals surface area contributed by atoms with E-state index in [0.29, 0.717) is 48.9 Å². The Kier molecular flexibility index (Phi) is 6.83. The van der Waals surface area contributed by atoms with Gasteiger partial charge in [0.25, 0.3) is 0 Å². The number of piperidine rings is 1. The van der Waals surface area contributed by atoms with Crippen LogP contribution < -0.4 is 9.64 Å². The maximum atomic E-state index is 16.7. The first-order chi connectivity index (χ1) is 21.1. The van der Waals surface area contributed by atoms with Gasteiger partial charge in [0.2, 0.25) is 0 Å². The third-order valence-electron chi connectivity index (χ3n) is 9.30. The fourth-order valence-corrected chi connectivity index (χ4v) is 7.32. The number of nitrogens with zero attached hydrogens (tertiary/aromatic N) is 5. The summed E-state index contributed by atoms with van der Waals surface area (Å²) in [6, 6.07) is 5.29. The largest absolute Gasteiger partial charge is 0.508 e. The van der Waals surface area contributed by atoms with Crippen LogP contribution in [0.25, 0.3) is 32.9 Å². The summed E-state index contributed by atoms with van der Waals surface area (Å²) in [6.45, 7) is 3.86. The molecule has 3 atom stereocenters. The van der Waals surface area contributed by atoms with Gasteiger partial charge in [-0.1, -0.05) is 12.0 Å². The number of β-amino-alcohol motifs (C(OH)–C–C–N with tert-alkyl or cyclic N) is 1. The van der Waals surface area contributed by atoms with Gasteiger partial charge in [-0.25, -0.2) is 13.2 Å². The van der Waals surface area contributed by atoms with E-state index in [2.05, 4.69) is 25.8 Å². The molecule has 0 radical (unpaired) electrons. The molecule has 0 amide bonds. The molecule has 7 rings (SSSR count). The lowest BCUT2D eigenvalue weighted by molar-refractivity contribution is 0.0447. The summed E-state index contributed by atoms with van der Waals surface area (Å²) >= 11 is 0. The third kappa shape index (κ3) is 4.77. The number of fused-ring (bicyclic) bond motifs is 3. The highest BCUT2D eigenvalue weighted by atomic mass is 19.1. The first kappa shape index (κ1) is 28.6. The zero-order valence-electron chi connectivity index (χ0n) is 24.3. The number of ether oxygens (including phenoxy) is 1. The molecule has 0 saturated carbocycles. The standard InChI is InChI=1S/C33H32F3N5O3/c1-3-22-25(35)7-6-19-12-21(42)13-23(26(19)22)28-27(36)29-24(15-37-28)30(40-10-4-8-32(2,43)17-40)39-31(38-29)44-18-33-9-5-11-41(33)16-20(34)14-33/h1,6-7,12-13,15,20,42-43H,4-5,8-11,14,16-18H2,2H3/t20-,32-,33+/m1/s1. The predicted molar refractivity (Wildman–Crippen MR) is 160 cm³/mol. The smallest absolute Gasteiger partial charge is 0.319 e. The van der Waals surface area contributed by atoms with Crippen molar-refractivity contribution in [2.45, 2.75) is 56.3 Å². The summed E-state index contributed by atoms with van der Waals surface area (Å²) in [7, 11) is 0. The van der Waals surface area contributed by atoms with Crippen molar-refractivity contribution >= 4 is 27.5 Å². The van der Waals surface area contributed by atoms with E-state index in [0.717, 1.165) is 19.4 Å². The zero-order valence-corrected chi connectivity index (χ0v) is 24.3. The van der Waals surface area contributed by atoms with Gasteiger partial charge in [-0.05, 0) is 62.7 Å². The number of hydrogen-bond acceptors (Lipinski definition) is 8. The Hall–Kier alpha value is -4.14. The van der Waals surface area contributed by atoms with Gasteiger partial charge in [0, 0.05) is 43.2 Å². The summed E-state index contributed by atoms with van der Waals surface area (Å²) in [5.74, 6) is 1.04. The molecule has 2 N–H and O–H groups in total. The first-order valence-corrected chi connectivity index (χ1v) is 14.9. The van der Waals surface area contributed by atoms with E-state index in [1.54, 1.807) is 6.92 Å². The monoisotopic (exact) mass is 603 g/mol. The molecule has 2 aromatic heterocycles. The summed E-state index contributed by atoms with van der Waals surface area (Å²) in [6.07, 6.45) is 9.50. The predicted octanol–water partition coefficient (Wildman–Crippen LogP) is 5.12. The topological polar surface area (TPSA) is 94.8 Å². The summed E-state index contributed by atoms with van der Waals surface area (Å²) in [4.78, 5) is 17.5. The van der Waals surface area contributed by atoms with Gasteiger partial charge in [0.1, 0.15) is 41.4 Å². The minimum absolute atomic E-state index is 0.0755. The van der Waals surface area contributed by atoms with E-state index in [4.69, 9.17) is 11.2 Å². The van der Waals surface area contributed by atoms with E-state index in [-0.39, 0.29) is 52.6 Å². The molecule has 4 aromatic rings. The van der Waals surface area contributed by atoms with Crippen LogP contribution in [0.5, 0.6) is 11.8 Å². The number of rotatable bonds is 5. The summed E-state index contributed by atoms with van der Waals surface area (Å²) in [5.41, 5.74) is -1.70. The highest BCUT2D eigenvalue weighted by Gasteiger charge is 2.49. The molecule has 3 aliphatic heterocycles. The van der Waals surface area contributed by atoms with Gasteiger partial charge in [0.15, 0.2) is 5.82 Å². The Morgan fingerprint density at radius 2 is 1.98 bits per heavy atom. The zero-order chi connectivity index (χ0) is 30.8. The number of halogens is 3. The fraction of sp³-hybridized carbons (Fsp3) is 0.424. The molecule has 2 aromatic carbocycles. The highest BCUT2D eigenvalue weighted by Crippen LogP contribution is 2.42. The SMILES string of the molecule is C#Cc1c(F)ccc2cc(O)cc(-c3ncc4c(N5CCC[C@@](C)(O)C5)nc(OC[C@@]56CCCN5C[C@H](F)C6)nc4c3F)c12. The molecule has 0 bridgehead atoms. The van der Waals surface area contributed by atoms with Crippen molar-refractivity contribution in [2.75, 3.05) is 37.7 Å². The maximum absolute atomic E-state index is 16.7. The Bertz CT molecular complexity index is 1840. The second-order valence-corrected chi connectivity index (χ2v) is 12.6. The quantitative estimate of drug-likeness (QED) is 0.304. The molecule has 44 heavy (non-hydrogen) atoms. The Morgan fingerprint density at radius 3 is 2.77 bits per heavy atom. The minimum Gasteiger partial charge on any atom is -0.508 e. The molecule has 228 valence electrons. The van der Waals surface area contributed by atoms with E-state index in [1.165, 1.54) is 30.5 Å². The number of aromatic hydroxyl groups is 1. The number of aromatic nitrogens is 3. The van der Waals surface area contributed by atoms with E-state index in [1.807, 2.05) is 4.90 Å². The van der Waals surface area contributed by atoms with Crippen LogP contribution in [0.2, 0.25) is 0 Å². The van der Waals surface area contributed by atoms with Gasteiger partial charge < -0.3 is 19.8 Å². The van der Waals surface area contributed by atoms with Crippen molar-refractivity contribution in [1.82, 2.24) is 19.9 Å². The molecular formula is C33H32F3N5O3. The number of alkyl halides is 1. The lowest BCUT2D eigenvalue weighted by Gasteiger charge is -2.38. The van der Waals surface area contributed by atoms with Crippen LogP contribution in [0.1, 0.15) is 44.6 Å². The molecule has 8 nitrogen and oxygen atoms in total. The molecular weight excluding hydrogens is 571 g/mol. The fourth-order valence-electron chi connectivity index (χ4n) is 7.32. The van der Waals surface area contributed by atoms with Gasteiger partial charge in [-0.2, -0.15) is 9.97 Å². The number of hydrogen-bond donors (Lipinski definition) is 2. The molecule has 0 aliphatic carbocycles. The van der Waals surface area contributed by atoms with Crippen LogP contribution in [0.4, 0.5) is 19.0 Å². The van der Waals surface area contributed by atoms with E-state index in [9.17, 15) is 19.0 Å². The van der Waals surface area contributed by atoms with Crippen LogP contribution >= 0.6 is 0 Å². The molecule has 3 saturated heterocycles. The van der Waals surface area contributed by atoms with Crippen LogP contribution in [-0.2, 0) is 0 Å². The van der Waals surface area contributed by atoms with Crippen LogP contribution in [0.15, 0.2) is 30.5 Å².